The molecule has 33 heavy (non-hydrogen) atoms. The van der Waals surface area contributed by atoms with Crippen LogP contribution in [0, 0.1) is 0 Å². The normalized spacial score (nSPS) is 13.6. The van der Waals surface area contributed by atoms with Gasteiger partial charge in [0.15, 0.2) is 0 Å². The lowest BCUT2D eigenvalue weighted by Crippen LogP contribution is -2.36. The Hall–Kier alpha value is -3.94. The Balaban J connectivity index is 1.26. The fourth-order valence-electron chi connectivity index (χ4n) is 3.89. The number of anilines is 2. The third kappa shape index (κ3) is 5.65. The standard InChI is InChI=1S/C25H27N5O3/c31-22-12-4-5-16-30(22)21-11-6-10-20(18-21)28-25(33)24(32)27-13-7-15-29-17-14-26-23(29)19-8-2-1-3-9-19/h1-3,6,8-11,14,17-18H,4-5,7,12-13,15-16H2,(H,27,32)(H,28,33). The van der Waals surface area contributed by atoms with E-state index in [-0.39, 0.29) is 5.91 Å². The molecule has 8 heteroatoms. The summed E-state index contributed by atoms with van der Waals surface area (Å²) in [6.45, 7) is 1.69. The molecule has 0 aliphatic carbocycles. The Labute approximate surface area is 192 Å². The second kappa shape index (κ2) is 10.6. The summed E-state index contributed by atoms with van der Waals surface area (Å²) in [4.78, 5) is 42.8. The van der Waals surface area contributed by atoms with E-state index in [1.54, 1.807) is 29.3 Å². The SMILES string of the molecule is O=C(NCCCn1ccnc1-c1ccccc1)C(=O)Nc1cccc(N2CCCCC2=O)c1. The third-order valence-corrected chi connectivity index (χ3v) is 5.55. The van der Waals surface area contributed by atoms with Crippen LogP contribution in [-0.4, -0.2) is 40.4 Å². The molecule has 0 atom stereocenters. The lowest BCUT2D eigenvalue weighted by Gasteiger charge is -2.27. The lowest BCUT2D eigenvalue weighted by atomic mass is 10.1. The van der Waals surface area contributed by atoms with Gasteiger partial charge in [0.25, 0.3) is 0 Å². The molecule has 3 amide bonds. The van der Waals surface area contributed by atoms with Crippen molar-refractivity contribution in [3.63, 3.8) is 0 Å². The highest BCUT2D eigenvalue weighted by Gasteiger charge is 2.20. The first-order valence-electron chi connectivity index (χ1n) is 11.2. The van der Waals surface area contributed by atoms with E-state index in [4.69, 9.17) is 0 Å². The van der Waals surface area contributed by atoms with Gasteiger partial charge < -0.3 is 20.1 Å². The van der Waals surface area contributed by atoms with Crippen molar-refractivity contribution >= 4 is 29.1 Å². The Morgan fingerprint density at radius 3 is 2.67 bits per heavy atom. The summed E-state index contributed by atoms with van der Waals surface area (Å²) in [6, 6.07) is 16.9. The van der Waals surface area contributed by atoms with Crippen LogP contribution < -0.4 is 15.5 Å². The molecule has 1 aliphatic heterocycles. The summed E-state index contributed by atoms with van der Waals surface area (Å²) in [5.41, 5.74) is 2.24. The van der Waals surface area contributed by atoms with E-state index in [2.05, 4.69) is 15.6 Å². The van der Waals surface area contributed by atoms with Crippen molar-refractivity contribution < 1.29 is 14.4 Å². The summed E-state index contributed by atoms with van der Waals surface area (Å²) in [6.07, 6.45) is 6.69. The van der Waals surface area contributed by atoms with Gasteiger partial charge in [-0.1, -0.05) is 36.4 Å². The molecule has 1 aliphatic rings. The molecule has 0 radical (unpaired) electrons. The van der Waals surface area contributed by atoms with Crippen LogP contribution in [0.15, 0.2) is 67.0 Å². The molecule has 2 N–H and O–H groups in total. The number of imidazole rings is 1. The van der Waals surface area contributed by atoms with Gasteiger partial charge in [0.05, 0.1) is 0 Å². The molecule has 3 aromatic rings. The second-order valence-electron chi connectivity index (χ2n) is 7.93. The number of hydrogen-bond acceptors (Lipinski definition) is 4. The van der Waals surface area contributed by atoms with E-state index in [9.17, 15) is 14.4 Å². The van der Waals surface area contributed by atoms with Crippen LogP contribution in [0.3, 0.4) is 0 Å². The zero-order valence-corrected chi connectivity index (χ0v) is 18.4. The Morgan fingerprint density at radius 2 is 1.85 bits per heavy atom. The number of benzene rings is 2. The maximum atomic E-state index is 12.3. The molecular formula is C25H27N5O3. The number of carbonyl (C=O) groups is 3. The van der Waals surface area contributed by atoms with Gasteiger partial charge in [-0.05, 0) is 37.5 Å². The van der Waals surface area contributed by atoms with Crippen molar-refractivity contribution in [2.75, 3.05) is 23.3 Å². The first kappa shape index (κ1) is 22.3. The Kier molecular flexibility index (Phi) is 7.14. The summed E-state index contributed by atoms with van der Waals surface area (Å²) in [7, 11) is 0. The number of carbonyl (C=O) groups excluding carboxylic acids is 3. The quantitative estimate of drug-likeness (QED) is 0.431. The smallest absolute Gasteiger partial charge is 0.313 e. The van der Waals surface area contributed by atoms with Crippen LogP contribution >= 0.6 is 0 Å². The number of piperidine rings is 1. The number of rotatable bonds is 7. The molecular weight excluding hydrogens is 418 g/mol. The number of aryl methyl sites for hydroxylation is 1. The van der Waals surface area contributed by atoms with Crippen molar-refractivity contribution in [3.8, 4) is 11.4 Å². The molecule has 0 bridgehead atoms. The van der Waals surface area contributed by atoms with Crippen LogP contribution in [0.5, 0.6) is 0 Å². The summed E-state index contributed by atoms with van der Waals surface area (Å²) >= 11 is 0. The van der Waals surface area contributed by atoms with Gasteiger partial charge in [-0.15, -0.1) is 0 Å². The monoisotopic (exact) mass is 445 g/mol. The highest BCUT2D eigenvalue weighted by Crippen LogP contribution is 2.24. The average molecular weight is 446 g/mol. The molecule has 0 unspecified atom stereocenters. The highest BCUT2D eigenvalue weighted by atomic mass is 16.2. The van der Waals surface area contributed by atoms with Crippen LogP contribution in [-0.2, 0) is 20.9 Å². The maximum absolute atomic E-state index is 12.3. The van der Waals surface area contributed by atoms with E-state index in [0.29, 0.717) is 38.2 Å². The number of aromatic nitrogens is 2. The molecule has 8 nitrogen and oxygen atoms in total. The fourth-order valence-corrected chi connectivity index (χ4v) is 3.89. The van der Waals surface area contributed by atoms with E-state index in [1.807, 2.05) is 47.2 Å². The number of nitrogens with one attached hydrogen (secondary N) is 2. The Bertz CT molecular complexity index is 1130. The van der Waals surface area contributed by atoms with E-state index in [1.165, 1.54) is 0 Å². The van der Waals surface area contributed by atoms with Gasteiger partial charge in [0, 0.05) is 55.4 Å². The minimum absolute atomic E-state index is 0.0794. The predicted octanol–water partition coefficient (Wildman–Crippen LogP) is 3.21. The highest BCUT2D eigenvalue weighted by molar-refractivity contribution is 6.39. The molecule has 170 valence electrons. The molecule has 2 aromatic carbocycles. The number of nitrogens with zero attached hydrogens (tertiary/aromatic N) is 3. The first-order chi connectivity index (χ1) is 16.1. The lowest BCUT2D eigenvalue weighted by molar-refractivity contribution is -0.136. The molecule has 0 saturated carbocycles. The topological polar surface area (TPSA) is 96.3 Å². The van der Waals surface area contributed by atoms with E-state index < -0.39 is 11.8 Å². The predicted molar refractivity (Wildman–Crippen MR) is 127 cm³/mol. The van der Waals surface area contributed by atoms with Gasteiger partial charge in [0.1, 0.15) is 5.82 Å². The fraction of sp³-hybridized carbons (Fsp3) is 0.280. The number of amides is 3. The maximum Gasteiger partial charge on any atom is 0.313 e. The van der Waals surface area contributed by atoms with Crippen LogP contribution in [0.1, 0.15) is 25.7 Å². The van der Waals surface area contributed by atoms with Gasteiger partial charge in [-0.2, -0.15) is 0 Å². The summed E-state index contributed by atoms with van der Waals surface area (Å²) in [5.74, 6) is -0.476. The third-order valence-electron chi connectivity index (χ3n) is 5.55. The van der Waals surface area contributed by atoms with E-state index in [0.717, 1.165) is 29.9 Å². The second-order valence-corrected chi connectivity index (χ2v) is 7.93. The van der Waals surface area contributed by atoms with Crippen LogP contribution in [0.4, 0.5) is 11.4 Å². The van der Waals surface area contributed by atoms with Crippen molar-refractivity contribution in [1.29, 1.82) is 0 Å². The van der Waals surface area contributed by atoms with Gasteiger partial charge in [-0.25, -0.2) is 4.98 Å². The largest absolute Gasteiger partial charge is 0.348 e. The van der Waals surface area contributed by atoms with Crippen molar-refractivity contribution in [2.45, 2.75) is 32.2 Å². The zero-order valence-electron chi connectivity index (χ0n) is 18.4. The molecule has 1 fully saturated rings. The van der Waals surface area contributed by atoms with Gasteiger partial charge in [0.2, 0.25) is 5.91 Å². The molecule has 0 spiro atoms. The van der Waals surface area contributed by atoms with Crippen LogP contribution in [0.2, 0.25) is 0 Å². The molecule has 1 aromatic heterocycles. The average Bonchev–Trinajstić information content (AvgIpc) is 3.31. The van der Waals surface area contributed by atoms with Crippen molar-refractivity contribution in [1.82, 2.24) is 14.9 Å². The Morgan fingerprint density at radius 1 is 1.00 bits per heavy atom. The minimum atomic E-state index is -0.732. The first-order valence-corrected chi connectivity index (χ1v) is 11.2. The minimum Gasteiger partial charge on any atom is -0.348 e. The van der Waals surface area contributed by atoms with Crippen molar-refractivity contribution in [3.05, 3.63) is 67.0 Å². The van der Waals surface area contributed by atoms with Gasteiger partial charge >= 0.3 is 11.8 Å². The molecule has 2 heterocycles. The zero-order chi connectivity index (χ0) is 23.0. The van der Waals surface area contributed by atoms with E-state index >= 15 is 0 Å². The summed E-state index contributed by atoms with van der Waals surface area (Å²) < 4.78 is 2.02. The van der Waals surface area contributed by atoms with Gasteiger partial charge in [-0.3, -0.25) is 14.4 Å². The summed E-state index contributed by atoms with van der Waals surface area (Å²) in [5, 5.41) is 5.28. The number of hydrogen-bond donors (Lipinski definition) is 2. The molecule has 1 saturated heterocycles. The van der Waals surface area contributed by atoms with Crippen LogP contribution in [0.25, 0.3) is 11.4 Å². The molecule has 4 rings (SSSR count). The van der Waals surface area contributed by atoms with Crippen molar-refractivity contribution in [2.24, 2.45) is 0 Å².